The molecule has 6 heteroatoms. The number of hydrogen-bond donors (Lipinski definition) is 1. The van der Waals surface area contributed by atoms with E-state index in [0.717, 1.165) is 22.6 Å². The van der Waals surface area contributed by atoms with Gasteiger partial charge in [-0.3, -0.25) is 9.36 Å². The van der Waals surface area contributed by atoms with Gasteiger partial charge in [0.1, 0.15) is 0 Å². The first-order valence-corrected chi connectivity index (χ1v) is 10.5. The number of anilines is 1. The second-order valence-electron chi connectivity index (χ2n) is 7.70. The first-order valence-electron chi connectivity index (χ1n) is 9.52. The molecule has 29 heavy (non-hydrogen) atoms. The molecule has 1 N–H and O–H groups in total. The molecule has 2 aromatic carbocycles. The number of aromatic nitrogens is 3. The average molecular weight is 407 g/mol. The van der Waals surface area contributed by atoms with E-state index in [0.29, 0.717) is 11.7 Å². The number of allylic oxidation sites excluding steroid dienone is 1. The van der Waals surface area contributed by atoms with Gasteiger partial charge < -0.3 is 5.32 Å². The number of benzene rings is 2. The fraction of sp³-hybridized carbons (Fsp3) is 0.261. The number of rotatable bonds is 7. The van der Waals surface area contributed by atoms with Crippen molar-refractivity contribution in [1.29, 1.82) is 0 Å². The Morgan fingerprint density at radius 1 is 1.10 bits per heavy atom. The normalized spacial score (nSPS) is 11.3. The highest BCUT2D eigenvalue weighted by atomic mass is 32.2. The third-order valence-electron chi connectivity index (χ3n) is 4.40. The Bertz CT molecular complexity index is 990. The van der Waals surface area contributed by atoms with E-state index >= 15 is 0 Å². The summed E-state index contributed by atoms with van der Waals surface area (Å²) in [5.41, 5.74) is 2.89. The number of thioether (sulfide) groups is 1. The first kappa shape index (κ1) is 20.9. The van der Waals surface area contributed by atoms with Gasteiger partial charge in [-0.15, -0.1) is 16.8 Å². The standard InChI is InChI=1S/C23H26N4OS/c1-5-15-27-21(17-11-7-6-8-12-17)25-26-22(27)29-16-20(28)24-19-14-10-9-13-18(19)23(2,3)4/h5-14H,1,15-16H2,2-4H3,(H,24,28). The number of amides is 1. The summed E-state index contributed by atoms with van der Waals surface area (Å²) in [5.74, 6) is 0.954. The molecular weight excluding hydrogens is 380 g/mol. The van der Waals surface area contributed by atoms with E-state index in [1.807, 2.05) is 53.1 Å². The summed E-state index contributed by atoms with van der Waals surface area (Å²) in [6.45, 7) is 10.8. The fourth-order valence-electron chi connectivity index (χ4n) is 3.05. The van der Waals surface area contributed by atoms with Crippen LogP contribution in [-0.4, -0.2) is 26.4 Å². The molecule has 0 aliphatic rings. The highest BCUT2D eigenvalue weighted by Crippen LogP contribution is 2.30. The molecule has 1 heterocycles. The number of carbonyl (C=O) groups is 1. The van der Waals surface area contributed by atoms with Crippen molar-refractivity contribution in [2.75, 3.05) is 11.1 Å². The van der Waals surface area contributed by atoms with Crippen molar-refractivity contribution >= 4 is 23.4 Å². The molecule has 0 bridgehead atoms. The summed E-state index contributed by atoms with van der Waals surface area (Å²) >= 11 is 1.37. The molecule has 0 aliphatic heterocycles. The molecule has 0 unspecified atom stereocenters. The van der Waals surface area contributed by atoms with Crippen LogP contribution in [0.25, 0.3) is 11.4 Å². The summed E-state index contributed by atoms with van der Waals surface area (Å²) in [5, 5.41) is 12.4. The van der Waals surface area contributed by atoms with Crippen LogP contribution in [0.5, 0.6) is 0 Å². The van der Waals surface area contributed by atoms with Gasteiger partial charge >= 0.3 is 0 Å². The third kappa shape index (κ3) is 5.15. The second-order valence-corrected chi connectivity index (χ2v) is 8.65. The van der Waals surface area contributed by atoms with Crippen LogP contribution in [0, 0.1) is 0 Å². The molecule has 0 saturated carbocycles. The van der Waals surface area contributed by atoms with Crippen molar-refractivity contribution < 1.29 is 4.79 Å². The predicted molar refractivity (Wildman–Crippen MR) is 120 cm³/mol. The van der Waals surface area contributed by atoms with E-state index < -0.39 is 0 Å². The molecule has 0 aliphatic carbocycles. The summed E-state index contributed by atoms with van der Waals surface area (Å²) in [6.07, 6.45) is 1.81. The average Bonchev–Trinajstić information content (AvgIpc) is 3.10. The summed E-state index contributed by atoms with van der Waals surface area (Å²) < 4.78 is 1.98. The van der Waals surface area contributed by atoms with Crippen LogP contribution in [0.3, 0.4) is 0 Å². The number of nitrogens with zero attached hydrogens (tertiary/aromatic N) is 3. The minimum Gasteiger partial charge on any atom is -0.325 e. The van der Waals surface area contributed by atoms with Crippen molar-refractivity contribution in [2.24, 2.45) is 0 Å². The third-order valence-corrected chi connectivity index (χ3v) is 5.37. The van der Waals surface area contributed by atoms with Gasteiger partial charge in [-0.1, -0.05) is 87.1 Å². The maximum Gasteiger partial charge on any atom is 0.234 e. The van der Waals surface area contributed by atoms with Crippen LogP contribution >= 0.6 is 11.8 Å². The van der Waals surface area contributed by atoms with Gasteiger partial charge in [-0.05, 0) is 17.0 Å². The van der Waals surface area contributed by atoms with Crippen molar-refractivity contribution in [2.45, 2.75) is 37.9 Å². The van der Waals surface area contributed by atoms with Gasteiger partial charge in [0.05, 0.1) is 5.75 Å². The number of carbonyl (C=O) groups excluding carboxylic acids is 1. The maximum absolute atomic E-state index is 12.6. The van der Waals surface area contributed by atoms with Crippen LogP contribution in [-0.2, 0) is 16.8 Å². The Kier molecular flexibility index (Phi) is 6.54. The lowest BCUT2D eigenvalue weighted by atomic mass is 9.86. The molecule has 0 spiro atoms. The van der Waals surface area contributed by atoms with Gasteiger partial charge in [0.25, 0.3) is 0 Å². The lowest BCUT2D eigenvalue weighted by Crippen LogP contribution is -2.20. The zero-order valence-electron chi connectivity index (χ0n) is 17.1. The minimum atomic E-state index is -0.0684. The van der Waals surface area contributed by atoms with Crippen molar-refractivity contribution in [3.63, 3.8) is 0 Å². The number of para-hydroxylation sites is 1. The van der Waals surface area contributed by atoms with Crippen LogP contribution in [0.1, 0.15) is 26.3 Å². The molecule has 150 valence electrons. The molecule has 0 saturated heterocycles. The smallest absolute Gasteiger partial charge is 0.234 e. The quantitative estimate of drug-likeness (QED) is 0.435. The van der Waals surface area contributed by atoms with E-state index in [2.05, 4.69) is 48.9 Å². The highest BCUT2D eigenvalue weighted by Gasteiger charge is 2.19. The lowest BCUT2D eigenvalue weighted by Gasteiger charge is -2.22. The summed E-state index contributed by atoms with van der Waals surface area (Å²) in [4.78, 5) is 12.6. The summed E-state index contributed by atoms with van der Waals surface area (Å²) in [7, 11) is 0. The van der Waals surface area contributed by atoms with Crippen molar-refractivity contribution in [1.82, 2.24) is 14.8 Å². The van der Waals surface area contributed by atoms with E-state index in [1.54, 1.807) is 6.08 Å². The highest BCUT2D eigenvalue weighted by molar-refractivity contribution is 7.99. The van der Waals surface area contributed by atoms with Gasteiger partial charge in [0, 0.05) is 17.8 Å². The fourth-order valence-corrected chi connectivity index (χ4v) is 3.80. The van der Waals surface area contributed by atoms with Gasteiger partial charge in [-0.25, -0.2) is 0 Å². The summed E-state index contributed by atoms with van der Waals surface area (Å²) in [6, 6.07) is 17.8. The first-order chi connectivity index (χ1) is 13.9. The van der Waals surface area contributed by atoms with E-state index in [-0.39, 0.29) is 17.1 Å². The molecule has 3 aromatic rings. The Hall–Kier alpha value is -2.86. The van der Waals surface area contributed by atoms with Gasteiger partial charge in [-0.2, -0.15) is 0 Å². The maximum atomic E-state index is 12.6. The second kappa shape index (κ2) is 9.09. The molecule has 0 fully saturated rings. The Morgan fingerprint density at radius 2 is 1.79 bits per heavy atom. The minimum absolute atomic E-state index is 0.0499. The zero-order chi connectivity index (χ0) is 20.9. The number of nitrogens with one attached hydrogen (secondary N) is 1. The van der Waals surface area contributed by atoms with Gasteiger partial charge in [0.15, 0.2) is 11.0 Å². The van der Waals surface area contributed by atoms with Crippen molar-refractivity contribution in [3.8, 4) is 11.4 Å². The molecule has 0 radical (unpaired) electrons. The SMILES string of the molecule is C=CCn1c(SCC(=O)Nc2ccccc2C(C)(C)C)nnc1-c1ccccc1. The zero-order valence-corrected chi connectivity index (χ0v) is 17.9. The Balaban J connectivity index is 1.73. The van der Waals surface area contributed by atoms with E-state index in [9.17, 15) is 4.79 Å². The molecule has 1 amide bonds. The lowest BCUT2D eigenvalue weighted by molar-refractivity contribution is -0.113. The topological polar surface area (TPSA) is 59.8 Å². The molecule has 5 nitrogen and oxygen atoms in total. The van der Waals surface area contributed by atoms with E-state index in [4.69, 9.17) is 0 Å². The molecule has 0 atom stereocenters. The van der Waals surface area contributed by atoms with Gasteiger partial charge in [0.2, 0.25) is 5.91 Å². The largest absolute Gasteiger partial charge is 0.325 e. The Labute approximate surface area is 176 Å². The van der Waals surface area contributed by atoms with E-state index in [1.165, 1.54) is 11.8 Å². The van der Waals surface area contributed by atoms with Crippen LogP contribution in [0.2, 0.25) is 0 Å². The monoisotopic (exact) mass is 406 g/mol. The van der Waals surface area contributed by atoms with Crippen LogP contribution < -0.4 is 5.32 Å². The van der Waals surface area contributed by atoms with Crippen LogP contribution in [0.15, 0.2) is 72.4 Å². The van der Waals surface area contributed by atoms with Crippen molar-refractivity contribution in [3.05, 3.63) is 72.8 Å². The van der Waals surface area contributed by atoms with Crippen LogP contribution in [0.4, 0.5) is 5.69 Å². The molecule has 3 rings (SSSR count). The predicted octanol–water partition coefficient (Wildman–Crippen LogP) is 5.16. The Morgan fingerprint density at radius 3 is 2.48 bits per heavy atom. The number of hydrogen-bond acceptors (Lipinski definition) is 4. The molecular formula is C23H26N4OS. The molecule has 1 aromatic heterocycles.